The van der Waals surface area contributed by atoms with Crippen LogP contribution in [0.2, 0.25) is 0 Å². The second kappa shape index (κ2) is 7.44. The highest BCUT2D eigenvalue weighted by molar-refractivity contribution is 6.06. The van der Waals surface area contributed by atoms with Crippen molar-refractivity contribution in [1.29, 1.82) is 0 Å². The third kappa shape index (κ3) is 3.68. The molecule has 3 aromatic rings. The van der Waals surface area contributed by atoms with Crippen LogP contribution in [0.25, 0.3) is 10.9 Å². The average Bonchev–Trinajstić information content (AvgIpc) is 3.36. The van der Waals surface area contributed by atoms with Gasteiger partial charge in [0.2, 0.25) is 0 Å². The van der Waals surface area contributed by atoms with Gasteiger partial charge in [0, 0.05) is 17.7 Å². The van der Waals surface area contributed by atoms with Crippen molar-refractivity contribution < 1.29 is 14.1 Å². The summed E-state index contributed by atoms with van der Waals surface area (Å²) >= 11 is 0. The van der Waals surface area contributed by atoms with Crippen LogP contribution in [-0.4, -0.2) is 27.6 Å². The highest BCUT2D eigenvalue weighted by atomic mass is 16.5. The van der Waals surface area contributed by atoms with E-state index < -0.39 is 0 Å². The summed E-state index contributed by atoms with van der Waals surface area (Å²) in [5.74, 6) is 0.745. The van der Waals surface area contributed by atoms with Gasteiger partial charge in [-0.2, -0.15) is 4.98 Å². The van der Waals surface area contributed by atoms with Crippen molar-refractivity contribution in [2.24, 2.45) is 0 Å². The van der Waals surface area contributed by atoms with Crippen LogP contribution < -0.4 is 5.32 Å². The number of nitrogens with one attached hydrogen (secondary N) is 1. The molecule has 0 aliphatic carbocycles. The largest absolute Gasteiger partial charge is 0.368 e. The number of benzene rings is 1. The number of aromatic nitrogens is 3. The molecule has 1 atom stereocenters. The zero-order valence-corrected chi connectivity index (χ0v) is 15.5. The Morgan fingerprint density at radius 2 is 2.19 bits per heavy atom. The van der Waals surface area contributed by atoms with E-state index in [-0.39, 0.29) is 18.6 Å². The Kier molecular flexibility index (Phi) is 4.85. The molecule has 1 fully saturated rings. The van der Waals surface area contributed by atoms with Crippen LogP contribution in [0.5, 0.6) is 0 Å². The van der Waals surface area contributed by atoms with E-state index in [9.17, 15) is 4.79 Å². The topological polar surface area (TPSA) is 90.1 Å². The summed E-state index contributed by atoms with van der Waals surface area (Å²) < 4.78 is 10.8. The predicted octanol–water partition coefficient (Wildman–Crippen LogP) is 3.27. The molecule has 7 nitrogen and oxygen atoms in total. The Labute approximate surface area is 157 Å². The molecule has 1 aliphatic rings. The van der Waals surface area contributed by atoms with Gasteiger partial charge in [0.1, 0.15) is 6.10 Å². The molecule has 3 heterocycles. The van der Waals surface area contributed by atoms with Crippen LogP contribution in [0.15, 0.2) is 28.8 Å². The quantitative estimate of drug-likeness (QED) is 0.745. The first-order valence-corrected chi connectivity index (χ1v) is 9.26. The molecule has 140 valence electrons. The second-order valence-electron chi connectivity index (χ2n) is 6.75. The molecular weight excluding hydrogens is 344 g/mol. The molecule has 0 radical (unpaired) electrons. The first-order chi connectivity index (χ1) is 13.1. The summed E-state index contributed by atoms with van der Waals surface area (Å²) in [6.45, 7) is 4.89. The highest BCUT2D eigenvalue weighted by Crippen LogP contribution is 2.27. The van der Waals surface area contributed by atoms with Crippen LogP contribution >= 0.6 is 0 Å². The molecule has 0 bridgehead atoms. The third-order valence-corrected chi connectivity index (χ3v) is 4.75. The zero-order chi connectivity index (χ0) is 18.8. The van der Waals surface area contributed by atoms with E-state index in [4.69, 9.17) is 9.26 Å². The van der Waals surface area contributed by atoms with E-state index in [2.05, 4.69) is 27.4 Å². The fourth-order valence-electron chi connectivity index (χ4n) is 3.31. The Bertz CT molecular complexity index is 977. The lowest BCUT2D eigenvalue weighted by atomic mass is 10.0. The van der Waals surface area contributed by atoms with E-state index in [1.165, 1.54) is 5.56 Å². The van der Waals surface area contributed by atoms with Crippen LogP contribution in [-0.2, 0) is 17.7 Å². The van der Waals surface area contributed by atoms with Crippen LogP contribution in [0.3, 0.4) is 0 Å². The van der Waals surface area contributed by atoms with Gasteiger partial charge in [0.05, 0.1) is 17.6 Å². The molecular formula is C20H22N4O3. The van der Waals surface area contributed by atoms with Crippen molar-refractivity contribution in [3.63, 3.8) is 0 Å². The van der Waals surface area contributed by atoms with Gasteiger partial charge in [0.25, 0.3) is 11.8 Å². The summed E-state index contributed by atoms with van der Waals surface area (Å²) in [5.41, 5.74) is 3.40. The van der Waals surface area contributed by atoms with E-state index in [1.807, 2.05) is 31.2 Å². The number of fused-ring (bicyclic) bond motifs is 1. The third-order valence-electron chi connectivity index (χ3n) is 4.75. The van der Waals surface area contributed by atoms with Crippen molar-refractivity contribution in [3.05, 3.63) is 52.8 Å². The molecule has 4 rings (SSSR count). The van der Waals surface area contributed by atoms with Gasteiger partial charge < -0.3 is 14.6 Å². The normalized spacial score (nSPS) is 16.7. The number of aryl methyl sites for hydroxylation is 2. The molecule has 1 amide bonds. The van der Waals surface area contributed by atoms with Crippen molar-refractivity contribution in [3.8, 4) is 0 Å². The Balaban J connectivity index is 1.52. The number of nitrogens with zero attached hydrogens (tertiary/aromatic N) is 3. The Morgan fingerprint density at radius 1 is 1.30 bits per heavy atom. The molecule has 1 unspecified atom stereocenters. The molecule has 1 N–H and O–H groups in total. The van der Waals surface area contributed by atoms with Crippen LogP contribution in [0, 0.1) is 6.92 Å². The Morgan fingerprint density at radius 3 is 2.96 bits per heavy atom. The van der Waals surface area contributed by atoms with Crippen molar-refractivity contribution in [2.45, 2.75) is 45.8 Å². The molecule has 1 aliphatic heterocycles. The number of carbonyl (C=O) groups excluding carboxylic acids is 1. The highest BCUT2D eigenvalue weighted by Gasteiger charge is 2.24. The summed E-state index contributed by atoms with van der Waals surface area (Å²) in [6, 6.07) is 7.85. The first-order valence-electron chi connectivity index (χ1n) is 9.26. The number of rotatable bonds is 5. The van der Waals surface area contributed by atoms with Crippen LogP contribution in [0.4, 0.5) is 0 Å². The van der Waals surface area contributed by atoms with Gasteiger partial charge in [0.15, 0.2) is 5.82 Å². The van der Waals surface area contributed by atoms with E-state index in [1.54, 1.807) is 0 Å². The summed E-state index contributed by atoms with van der Waals surface area (Å²) in [4.78, 5) is 21.7. The van der Waals surface area contributed by atoms with E-state index in [0.29, 0.717) is 23.9 Å². The summed E-state index contributed by atoms with van der Waals surface area (Å²) in [6.07, 6.45) is 2.66. The maximum Gasteiger partial charge on any atom is 0.255 e. The smallest absolute Gasteiger partial charge is 0.255 e. The molecule has 27 heavy (non-hydrogen) atoms. The van der Waals surface area contributed by atoms with Gasteiger partial charge >= 0.3 is 0 Å². The van der Waals surface area contributed by atoms with E-state index in [0.717, 1.165) is 35.9 Å². The summed E-state index contributed by atoms with van der Waals surface area (Å²) in [7, 11) is 0. The monoisotopic (exact) mass is 366 g/mol. The van der Waals surface area contributed by atoms with Gasteiger partial charge in [-0.3, -0.25) is 9.78 Å². The van der Waals surface area contributed by atoms with Gasteiger partial charge in [-0.15, -0.1) is 0 Å². The molecule has 1 saturated heterocycles. The fraction of sp³-hybridized carbons (Fsp3) is 0.400. The average molecular weight is 366 g/mol. The fourth-order valence-corrected chi connectivity index (χ4v) is 3.31. The van der Waals surface area contributed by atoms with E-state index >= 15 is 0 Å². The predicted molar refractivity (Wildman–Crippen MR) is 99.3 cm³/mol. The number of carbonyl (C=O) groups is 1. The number of hydrogen-bond donors (Lipinski definition) is 1. The molecule has 2 aromatic heterocycles. The Hall–Kier alpha value is -2.80. The minimum Gasteiger partial charge on any atom is -0.368 e. The summed E-state index contributed by atoms with van der Waals surface area (Å²) in [5, 5.41) is 7.68. The van der Waals surface area contributed by atoms with Gasteiger partial charge in [-0.05, 0) is 49.9 Å². The molecule has 1 aromatic carbocycles. The number of amides is 1. The lowest BCUT2D eigenvalue weighted by Crippen LogP contribution is -2.24. The van der Waals surface area contributed by atoms with Crippen molar-refractivity contribution >= 4 is 16.8 Å². The zero-order valence-electron chi connectivity index (χ0n) is 15.5. The number of ether oxygens (including phenoxy) is 1. The minimum absolute atomic E-state index is 0.124. The second-order valence-corrected chi connectivity index (χ2v) is 6.75. The maximum atomic E-state index is 12.8. The lowest BCUT2D eigenvalue weighted by molar-refractivity contribution is 0.0835. The standard InChI is InChI=1S/C20H22N4O3/c1-3-13-6-7-16-14(10-13)15(9-12(2)22-16)19(25)21-11-18-23-20(27-24-18)17-5-4-8-26-17/h6-7,9-10,17H,3-5,8,11H2,1-2H3,(H,21,25). The van der Waals surface area contributed by atoms with Crippen molar-refractivity contribution in [1.82, 2.24) is 20.4 Å². The SMILES string of the molecule is CCc1ccc2nc(C)cc(C(=O)NCc3noc(C4CCCO4)n3)c2c1. The van der Waals surface area contributed by atoms with Gasteiger partial charge in [-0.1, -0.05) is 18.1 Å². The molecule has 0 spiro atoms. The number of pyridine rings is 1. The molecule has 7 heteroatoms. The van der Waals surface area contributed by atoms with Gasteiger partial charge in [-0.25, -0.2) is 0 Å². The number of hydrogen-bond acceptors (Lipinski definition) is 6. The first kappa shape index (κ1) is 17.6. The minimum atomic E-state index is -0.179. The lowest BCUT2D eigenvalue weighted by Gasteiger charge is -2.09. The van der Waals surface area contributed by atoms with Crippen LogP contribution in [0.1, 0.15) is 59.2 Å². The maximum absolute atomic E-state index is 12.8. The molecule has 0 saturated carbocycles. The van der Waals surface area contributed by atoms with Crippen molar-refractivity contribution in [2.75, 3.05) is 6.61 Å².